The van der Waals surface area contributed by atoms with Crippen molar-refractivity contribution >= 4 is 11.6 Å². The molecular weight excluding hydrogens is 208 g/mol. The summed E-state index contributed by atoms with van der Waals surface area (Å²) in [6, 6.07) is 6.96. The molecule has 1 N–H and O–H groups in total. The average molecular weight is 225 g/mol. The molecule has 1 aromatic rings. The fraction of sp³-hybridized carbons (Fsp3) is 0.500. The molecule has 0 saturated carbocycles. The quantitative estimate of drug-likeness (QED) is 0.846. The van der Waals surface area contributed by atoms with Crippen molar-refractivity contribution in [1.29, 1.82) is 0 Å². The first kappa shape index (κ1) is 10.9. The third-order valence-corrected chi connectivity index (χ3v) is 3.46. The molecule has 3 heteroatoms. The Morgan fingerprint density at radius 1 is 1.47 bits per heavy atom. The standard InChI is InChI=1S/C12H17ClN2/c1-9-5-10(3-4-12(9)13)8-15(2)11-6-14-7-11/h3-5,11,14H,6-8H2,1-2H3. The van der Waals surface area contributed by atoms with Gasteiger partial charge in [-0.3, -0.25) is 4.90 Å². The zero-order valence-corrected chi connectivity index (χ0v) is 10.0. The van der Waals surface area contributed by atoms with Crippen molar-refractivity contribution in [2.24, 2.45) is 0 Å². The van der Waals surface area contributed by atoms with Gasteiger partial charge in [-0.2, -0.15) is 0 Å². The minimum absolute atomic E-state index is 0.695. The number of hydrogen-bond acceptors (Lipinski definition) is 2. The fourth-order valence-corrected chi connectivity index (χ4v) is 1.92. The minimum atomic E-state index is 0.695. The Balaban J connectivity index is 2.00. The highest BCUT2D eigenvalue weighted by Crippen LogP contribution is 2.18. The highest BCUT2D eigenvalue weighted by atomic mass is 35.5. The summed E-state index contributed by atoms with van der Waals surface area (Å²) < 4.78 is 0. The van der Waals surface area contributed by atoms with Crippen molar-refractivity contribution in [3.63, 3.8) is 0 Å². The Bertz CT molecular complexity index is 347. The smallest absolute Gasteiger partial charge is 0.0435 e. The lowest BCUT2D eigenvalue weighted by molar-refractivity contribution is 0.173. The van der Waals surface area contributed by atoms with Crippen molar-refractivity contribution < 1.29 is 0 Å². The molecule has 82 valence electrons. The number of aryl methyl sites for hydroxylation is 1. The molecule has 0 amide bonds. The van der Waals surface area contributed by atoms with E-state index in [9.17, 15) is 0 Å². The normalized spacial score (nSPS) is 16.8. The monoisotopic (exact) mass is 224 g/mol. The summed E-state index contributed by atoms with van der Waals surface area (Å²) in [5, 5.41) is 4.14. The van der Waals surface area contributed by atoms with Crippen LogP contribution in [0.5, 0.6) is 0 Å². The van der Waals surface area contributed by atoms with Crippen LogP contribution in [0.1, 0.15) is 11.1 Å². The number of nitrogens with one attached hydrogen (secondary N) is 1. The molecule has 0 unspecified atom stereocenters. The van der Waals surface area contributed by atoms with Crippen molar-refractivity contribution in [3.8, 4) is 0 Å². The van der Waals surface area contributed by atoms with Gasteiger partial charge in [0.05, 0.1) is 0 Å². The van der Waals surface area contributed by atoms with Gasteiger partial charge in [-0.15, -0.1) is 0 Å². The zero-order valence-electron chi connectivity index (χ0n) is 9.26. The van der Waals surface area contributed by atoms with Crippen molar-refractivity contribution in [3.05, 3.63) is 34.3 Å². The molecule has 0 aliphatic carbocycles. The van der Waals surface area contributed by atoms with Gasteiger partial charge in [0.25, 0.3) is 0 Å². The van der Waals surface area contributed by atoms with Gasteiger partial charge in [-0.05, 0) is 31.2 Å². The van der Waals surface area contributed by atoms with E-state index in [-0.39, 0.29) is 0 Å². The van der Waals surface area contributed by atoms with Gasteiger partial charge in [-0.25, -0.2) is 0 Å². The molecule has 1 aliphatic heterocycles. The molecule has 2 rings (SSSR count). The van der Waals surface area contributed by atoms with E-state index < -0.39 is 0 Å². The van der Waals surface area contributed by atoms with Gasteiger partial charge >= 0.3 is 0 Å². The lowest BCUT2D eigenvalue weighted by Crippen LogP contribution is -2.55. The summed E-state index contributed by atoms with van der Waals surface area (Å²) in [5.41, 5.74) is 2.50. The molecule has 1 aromatic carbocycles. The fourth-order valence-electron chi connectivity index (χ4n) is 1.81. The maximum atomic E-state index is 5.99. The van der Waals surface area contributed by atoms with Crippen LogP contribution < -0.4 is 5.32 Å². The summed E-state index contributed by atoms with van der Waals surface area (Å²) in [6.45, 7) is 5.28. The second-order valence-corrected chi connectivity index (χ2v) is 4.72. The number of halogens is 1. The van der Waals surface area contributed by atoms with E-state index in [0.29, 0.717) is 6.04 Å². The van der Waals surface area contributed by atoms with Gasteiger partial charge in [0, 0.05) is 30.7 Å². The Kier molecular flexibility index (Phi) is 3.29. The van der Waals surface area contributed by atoms with E-state index in [4.69, 9.17) is 11.6 Å². The lowest BCUT2D eigenvalue weighted by atomic mass is 10.1. The third kappa shape index (κ3) is 2.51. The van der Waals surface area contributed by atoms with Crippen molar-refractivity contribution in [2.45, 2.75) is 19.5 Å². The first-order chi connectivity index (χ1) is 7.16. The Morgan fingerprint density at radius 3 is 2.73 bits per heavy atom. The molecule has 2 nitrogen and oxygen atoms in total. The molecule has 0 bridgehead atoms. The summed E-state index contributed by atoms with van der Waals surface area (Å²) >= 11 is 5.99. The predicted octanol–water partition coefficient (Wildman–Crippen LogP) is 2.05. The number of benzene rings is 1. The number of rotatable bonds is 3. The van der Waals surface area contributed by atoms with E-state index in [1.165, 1.54) is 5.56 Å². The van der Waals surface area contributed by atoms with E-state index in [1.807, 2.05) is 6.07 Å². The number of hydrogen-bond donors (Lipinski definition) is 1. The summed E-state index contributed by atoms with van der Waals surface area (Å²) in [5.74, 6) is 0. The minimum Gasteiger partial charge on any atom is -0.314 e. The SMILES string of the molecule is Cc1cc(CN(C)C2CNC2)ccc1Cl. The van der Waals surface area contributed by atoms with Gasteiger partial charge in [-0.1, -0.05) is 23.7 Å². The van der Waals surface area contributed by atoms with Crippen LogP contribution in [-0.4, -0.2) is 31.1 Å². The van der Waals surface area contributed by atoms with Crippen molar-refractivity contribution in [1.82, 2.24) is 10.2 Å². The third-order valence-electron chi connectivity index (χ3n) is 3.04. The predicted molar refractivity (Wildman–Crippen MR) is 64.3 cm³/mol. The van der Waals surface area contributed by atoms with Crippen LogP contribution in [0.25, 0.3) is 0 Å². The van der Waals surface area contributed by atoms with Crippen molar-refractivity contribution in [2.75, 3.05) is 20.1 Å². The van der Waals surface area contributed by atoms with E-state index in [2.05, 4.69) is 36.3 Å². The molecule has 15 heavy (non-hydrogen) atoms. The lowest BCUT2D eigenvalue weighted by Gasteiger charge is -2.35. The topological polar surface area (TPSA) is 15.3 Å². The van der Waals surface area contributed by atoms with Gasteiger partial charge in [0.15, 0.2) is 0 Å². The highest BCUT2D eigenvalue weighted by molar-refractivity contribution is 6.31. The highest BCUT2D eigenvalue weighted by Gasteiger charge is 2.21. The maximum Gasteiger partial charge on any atom is 0.0435 e. The molecule has 0 atom stereocenters. The van der Waals surface area contributed by atoms with E-state index in [0.717, 1.165) is 30.2 Å². The molecule has 0 radical (unpaired) electrons. The second-order valence-electron chi connectivity index (χ2n) is 4.31. The van der Waals surface area contributed by atoms with Crippen LogP contribution in [0.4, 0.5) is 0 Å². The van der Waals surface area contributed by atoms with E-state index in [1.54, 1.807) is 0 Å². The van der Waals surface area contributed by atoms with Crippen LogP contribution in [0, 0.1) is 6.92 Å². The van der Waals surface area contributed by atoms with E-state index >= 15 is 0 Å². The van der Waals surface area contributed by atoms with Gasteiger partial charge < -0.3 is 5.32 Å². The first-order valence-electron chi connectivity index (χ1n) is 5.33. The first-order valence-corrected chi connectivity index (χ1v) is 5.70. The van der Waals surface area contributed by atoms with Gasteiger partial charge in [0.2, 0.25) is 0 Å². The Labute approximate surface area is 96.2 Å². The molecule has 1 aliphatic rings. The molecular formula is C12H17ClN2. The molecule has 0 spiro atoms. The summed E-state index contributed by atoms with van der Waals surface area (Å²) in [7, 11) is 2.18. The largest absolute Gasteiger partial charge is 0.314 e. The summed E-state index contributed by atoms with van der Waals surface area (Å²) in [4.78, 5) is 2.39. The van der Waals surface area contributed by atoms with Crippen LogP contribution >= 0.6 is 11.6 Å². The second kappa shape index (κ2) is 4.52. The molecule has 1 saturated heterocycles. The maximum absolute atomic E-state index is 5.99. The van der Waals surface area contributed by atoms with Crippen LogP contribution in [0.3, 0.4) is 0 Å². The molecule has 1 fully saturated rings. The Hall–Kier alpha value is -0.570. The van der Waals surface area contributed by atoms with Crippen LogP contribution in [-0.2, 0) is 6.54 Å². The zero-order chi connectivity index (χ0) is 10.8. The van der Waals surface area contributed by atoms with Crippen LogP contribution in [0.15, 0.2) is 18.2 Å². The van der Waals surface area contributed by atoms with Gasteiger partial charge in [0.1, 0.15) is 0 Å². The average Bonchev–Trinajstić information content (AvgIpc) is 2.08. The Morgan fingerprint density at radius 2 is 2.20 bits per heavy atom. The van der Waals surface area contributed by atoms with Crippen LogP contribution in [0.2, 0.25) is 5.02 Å². The number of nitrogens with zero attached hydrogens (tertiary/aromatic N) is 1. The number of likely N-dealkylation sites (N-methyl/N-ethyl adjacent to an activating group) is 1. The molecule has 0 aromatic heterocycles. The summed E-state index contributed by atoms with van der Waals surface area (Å²) in [6.07, 6.45) is 0. The molecule has 1 heterocycles.